The van der Waals surface area contributed by atoms with E-state index in [-0.39, 0.29) is 17.7 Å². The van der Waals surface area contributed by atoms with Crippen molar-refractivity contribution in [3.63, 3.8) is 0 Å². The lowest BCUT2D eigenvalue weighted by molar-refractivity contribution is -0.138. The van der Waals surface area contributed by atoms with Crippen LogP contribution in [0.3, 0.4) is 0 Å². The summed E-state index contributed by atoms with van der Waals surface area (Å²) in [5.74, 6) is -0.446. The third kappa shape index (κ3) is 2.39. The van der Waals surface area contributed by atoms with E-state index in [1.807, 2.05) is 30.5 Å². The molecule has 1 aromatic heterocycles. The third-order valence-electron chi connectivity index (χ3n) is 3.90. The minimum atomic E-state index is -0.317. The highest BCUT2D eigenvalue weighted by Crippen LogP contribution is 2.21. The summed E-state index contributed by atoms with van der Waals surface area (Å²) in [7, 11) is 0. The Morgan fingerprint density at radius 1 is 1.40 bits per heavy atom. The summed E-state index contributed by atoms with van der Waals surface area (Å²) in [5.41, 5.74) is 7.46. The monoisotopic (exact) mass is 271 g/mol. The Labute approximate surface area is 116 Å². The quantitative estimate of drug-likeness (QED) is 0.884. The van der Waals surface area contributed by atoms with E-state index in [1.54, 1.807) is 4.90 Å². The standard InChI is InChI=1S/C15H17N3O2/c16-15(20)12-3-4-14(19)18(9-12)8-10-1-2-11-5-6-17-13(11)7-10/h1-2,5-7,12,17H,3-4,8-9H2,(H2,16,20)/t12-/m0/s1. The SMILES string of the molecule is NC(=O)[C@H]1CCC(=O)N(Cc2ccc3cc[nH]c3c2)C1. The number of carbonyl (C=O) groups excluding carboxylic acids is 2. The number of benzene rings is 1. The van der Waals surface area contributed by atoms with E-state index >= 15 is 0 Å². The predicted molar refractivity (Wildman–Crippen MR) is 75.6 cm³/mol. The second-order valence-corrected chi connectivity index (χ2v) is 5.31. The van der Waals surface area contributed by atoms with E-state index in [4.69, 9.17) is 5.73 Å². The Morgan fingerprint density at radius 2 is 2.25 bits per heavy atom. The summed E-state index contributed by atoms with van der Waals surface area (Å²) >= 11 is 0. The molecule has 1 atom stereocenters. The van der Waals surface area contributed by atoms with Crippen LogP contribution in [0.4, 0.5) is 0 Å². The van der Waals surface area contributed by atoms with Crippen LogP contribution in [0.1, 0.15) is 18.4 Å². The van der Waals surface area contributed by atoms with Gasteiger partial charge >= 0.3 is 0 Å². The van der Waals surface area contributed by atoms with Gasteiger partial charge in [0.1, 0.15) is 0 Å². The number of fused-ring (bicyclic) bond motifs is 1. The van der Waals surface area contributed by atoms with Crippen molar-refractivity contribution in [3.8, 4) is 0 Å². The zero-order chi connectivity index (χ0) is 14.1. The van der Waals surface area contributed by atoms with E-state index in [9.17, 15) is 9.59 Å². The second kappa shape index (κ2) is 5.00. The number of aromatic nitrogens is 1. The molecule has 0 spiro atoms. The van der Waals surface area contributed by atoms with Gasteiger partial charge < -0.3 is 15.6 Å². The average Bonchev–Trinajstić information content (AvgIpc) is 2.88. The fourth-order valence-electron chi connectivity index (χ4n) is 2.71. The van der Waals surface area contributed by atoms with Gasteiger partial charge in [-0.1, -0.05) is 12.1 Å². The first-order valence-electron chi connectivity index (χ1n) is 6.76. The molecule has 1 fully saturated rings. The Bertz CT molecular complexity index is 662. The van der Waals surface area contributed by atoms with E-state index in [0.29, 0.717) is 25.9 Å². The summed E-state index contributed by atoms with van der Waals surface area (Å²) in [4.78, 5) is 28.1. The molecule has 5 nitrogen and oxygen atoms in total. The molecular formula is C15H17N3O2. The van der Waals surface area contributed by atoms with Crippen LogP contribution in [0.25, 0.3) is 10.9 Å². The van der Waals surface area contributed by atoms with Gasteiger partial charge in [0.25, 0.3) is 0 Å². The molecule has 0 saturated carbocycles. The molecule has 0 bridgehead atoms. The first-order chi connectivity index (χ1) is 9.63. The number of primary amides is 1. The highest BCUT2D eigenvalue weighted by molar-refractivity contribution is 5.83. The van der Waals surface area contributed by atoms with Crippen molar-refractivity contribution < 1.29 is 9.59 Å². The smallest absolute Gasteiger partial charge is 0.222 e. The first kappa shape index (κ1) is 12.7. The summed E-state index contributed by atoms with van der Waals surface area (Å²) in [6.07, 6.45) is 2.86. The molecular weight excluding hydrogens is 254 g/mol. The number of rotatable bonds is 3. The lowest BCUT2D eigenvalue weighted by atomic mass is 9.96. The maximum Gasteiger partial charge on any atom is 0.222 e. The number of nitrogens with one attached hydrogen (secondary N) is 1. The van der Waals surface area contributed by atoms with Gasteiger partial charge in [-0.2, -0.15) is 0 Å². The molecule has 2 aromatic rings. The fourth-order valence-corrected chi connectivity index (χ4v) is 2.71. The lowest BCUT2D eigenvalue weighted by Gasteiger charge is -2.31. The van der Waals surface area contributed by atoms with Crippen molar-refractivity contribution in [1.29, 1.82) is 0 Å². The lowest BCUT2D eigenvalue weighted by Crippen LogP contribution is -2.43. The number of piperidine rings is 1. The molecule has 0 unspecified atom stereocenters. The van der Waals surface area contributed by atoms with Crippen LogP contribution in [0.15, 0.2) is 30.5 Å². The number of H-pyrrole nitrogens is 1. The maximum absolute atomic E-state index is 11.9. The van der Waals surface area contributed by atoms with E-state index in [0.717, 1.165) is 16.5 Å². The van der Waals surface area contributed by atoms with Crippen LogP contribution in [-0.2, 0) is 16.1 Å². The minimum Gasteiger partial charge on any atom is -0.369 e. The molecule has 1 aliphatic heterocycles. The van der Waals surface area contributed by atoms with Crippen LogP contribution in [0.2, 0.25) is 0 Å². The van der Waals surface area contributed by atoms with Crippen molar-refractivity contribution >= 4 is 22.7 Å². The number of nitrogens with two attached hydrogens (primary N) is 1. The van der Waals surface area contributed by atoms with Gasteiger partial charge in [-0.3, -0.25) is 9.59 Å². The highest BCUT2D eigenvalue weighted by atomic mass is 16.2. The zero-order valence-corrected chi connectivity index (χ0v) is 11.1. The Balaban J connectivity index is 1.77. The molecule has 0 radical (unpaired) electrons. The zero-order valence-electron chi connectivity index (χ0n) is 11.1. The predicted octanol–water partition coefficient (Wildman–Crippen LogP) is 1.39. The molecule has 5 heteroatoms. The van der Waals surface area contributed by atoms with Crippen molar-refractivity contribution in [1.82, 2.24) is 9.88 Å². The Morgan fingerprint density at radius 3 is 3.05 bits per heavy atom. The number of aromatic amines is 1. The van der Waals surface area contributed by atoms with Crippen molar-refractivity contribution in [2.75, 3.05) is 6.54 Å². The normalized spacial score (nSPS) is 19.5. The highest BCUT2D eigenvalue weighted by Gasteiger charge is 2.28. The number of nitrogens with zero attached hydrogens (tertiary/aromatic N) is 1. The Hall–Kier alpha value is -2.30. The third-order valence-corrected chi connectivity index (χ3v) is 3.90. The molecule has 20 heavy (non-hydrogen) atoms. The molecule has 1 aliphatic rings. The van der Waals surface area contributed by atoms with Gasteiger partial charge in [0.05, 0.1) is 5.92 Å². The number of hydrogen-bond acceptors (Lipinski definition) is 2. The number of likely N-dealkylation sites (tertiary alicyclic amines) is 1. The van der Waals surface area contributed by atoms with E-state index in [1.165, 1.54) is 0 Å². The molecule has 3 N–H and O–H groups in total. The molecule has 1 saturated heterocycles. The Kier molecular flexibility index (Phi) is 3.18. The van der Waals surface area contributed by atoms with Gasteiger partial charge in [0.2, 0.25) is 11.8 Å². The summed E-state index contributed by atoms with van der Waals surface area (Å²) < 4.78 is 0. The van der Waals surface area contributed by atoms with E-state index in [2.05, 4.69) is 4.98 Å². The van der Waals surface area contributed by atoms with Gasteiger partial charge in [-0.15, -0.1) is 0 Å². The number of hydrogen-bond donors (Lipinski definition) is 2. The average molecular weight is 271 g/mol. The van der Waals surface area contributed by atoms with Gasteiger partial charge in [-0.05, 0) is 29.5 Å². The van der Waals surface area contributed by atoms with Crippen molar-refractivity contribution in [2.24, 2.45) is 11.7 Å². The fraction of sp³-hybridized carbons (Fsp3) is 0.333. The largest absolute Gasteiger partial charge is 0.369 e. The summed E-state index contributed by atoms with van der Waals surface area (Å²) in [6.45, 7) is 0.953. The van der Waals surface area contributed by atoms with Crippen LogP contribution >= 0.6 is 0 Å². The van der Waals surface area contributed by atoms with Crippen LogP contribution in [0.5, 0.6) is 0 Å². The van der Waals surface area contributed by atoms with Gasteiger partial charge in [0.15, 0.2) is 0 Å². The van der Waals surface area contributed by atoms with Gasteiger partial charge in [0, 0.05) is 31.2 Å². The summed E-state index contributed by atoms with van der Waals surface area (Å²) in [6, 6.07) is 8.09. The minimum absolute atomic E-state index is 0.0917. The van der Waals surface area contributed by atoms with Crippen LogP contribution in [0, 0.1) is 5.92 Å². The topological polar surface area (TPSA) is 79.2 Å². The molecule has 104 valence electrons. The maximum atomic E-state index is 11.9. The molecule has 0 aliphatic carbocycles. The molecule has 1 aromatic carbocycles. The van der Waals surface area contributed by atoms with Crippen LogP contribution in [-0.4, -0.2) is 28.2 Å². The molecule has 2 heterocycles. The summed E-state index contributed by atoms with van der Waals surface area (Å²) in [5, 5.41) is 1.15. The second-order valence-electron chi connectivity index (χ2n) is 5.31. The van der Waals surface area contributed by atoms with Gasteiger partial charge in [-0.25, -0.2) is 0 Å². The first-order valence-corrected chi connectivity index (χ1v) is 6.76. The number of carbonyl (C=O) groups is 2. The molecule has 2 amide bonds. The number of amides is 2. The van der Waals surface area contributed by atoms with Crippen LogP contribution < -0.4 is 5.73 Å². The van der Waals surface area contributed by atoms with Crippen molar-refractivity contribution in [2.45, 2.75) is 19.4 Å². The molecule has 3 rings (SSSR count). The van der Waals surface area contributed by atoms with E-state index < -0.39 is 0 Å². The van der Waals surface area contributed by atoms with Crippen molar-refractivity contribution in [3.05, 3.63) is 36.0 Å².